The van der Waals surface area contributed by atoms with Gasteiger partial charge in [0.15, 0.2) is 0 Å². The lowest BCUT2D eigenvalue weighted by molar-refractivity contribution is -0.125. The molecule has 1 aromatic heterocycles. The summed E-state index contributed by atoms with van der Waals surface area (Å²) in [6, 6.07) is 2.95. The van der Waals surface area contributed by atoms with E-state index in [9.17, 15) is 9.59 Å². The summed E-state index contributed by atoms with van der Waals surface area (Å²) in [6.07, 6.45) is 1.38. The Kier molecular flexibility index (Phi) is 3.50. The first-order chi connectivity index (χ1) is 7.73. The predicted octanol–water partition coefficient (Wildman–Crippen LogP) is 1.79. The Bertz CT molecular complexity index is 432. The van der Waals surface area contributed by atoms with E-state index in [1.807, 2.05) is 20.8 Å². The van der Waals surface area contributed by atoms with Crippen molar-refractivity contribution in [2.75, 3.05) is 11.9 Å². The maximum atomic E-state index is 12.0. The van der Waals surface area contributed by atoms with Crippen LogP contribution in [-0.4, -0.2) is 29.0 Å². The molecule has 1 rings (SSSR count). The van der Waals surface area contributed by atoms with Crippen LogP contribution in [0.3, 0.4) is 0 Å². The minimum Gasteiger partial charge on any atom is -0.477 e. The number of anilines is 1. The molecule has 0 saturated carbocycles. The van der Waals surface area contributed by atoms with Crippen LogP contribution in [0, 0.1) is 5.41 Å². The predicted molar refractivity (Wildman–Crippen MR) is 64.1 cm³/mol. The summed E-state index contributed by atoms with van der Waals surface area (Å²) in [5.74, 6) is -1.14. The third-order valence-corrected chi connectivity index (χ3v) is 2.30. The number of hydrogen-bond acceptors (Lipinski definition) is 3. The SMILES string of the molecule is CN(C(=O)C(C)(C)C)c1ccc(C(=O)O)nc1. The van der Waals surface area contributed by atoms with Gasteiger partial charge in [-0.25, -0.2) is 9.78 Å². The van der Waals surface area contributed by atoms with Crippen LogP contribution < -0.4 is 4.90 Å². The molecule has 1 aromatic rings. The fourth-order valence-electron chi connectivity index (χ4n) is 1.33. The number of pyridine rings is 1. The Labute approximate surface area is 100 Å². The number of carbonyl (C=O) groups is 2. The number of carboxylic acid groups (broad SMARTS) is 1. The summed E-state index contributed by atoms with van der Waals surface area (Å²) in [5, 5.41) is 8.71. The average molecular weight is 236 g/mol. The molecule has 1 N–H and O–H groups in total. The van der Waals surface area contributed by atoms with Crippen molar-refractivity contribution in [1.82, 2.24) is 4.98 Å². The molecule has 0 fully saturated rings. The van der Waals surface area contributed by atoms with Crippen LogP contribution >= 0.6 is 0 Å². The number of carboxylic acids is 1. The molecule has 0 bridgehead atoms. The lowest BCUT2D eigenvalue weighted by atomic mass is 9.95. The van der Waals surface area contributed by atoms with E-state index in [4.69, 9.17) is 5.11 Å². The molecule has 92 valence electrons. The highest BCUT2D eigenvalue weighted by Gasteiger charge is 2.25. The minimum atomic E-state index is -1.08. The van der Waals surface area contributed by atoms with Crippen LogP contribution in [0.5, 0.6) is 0 Å². The molecule has 17 heavy (non-hydrogen) atoms. The molecule has 0 saturated heterocycles. The Hall–Kier alpha value is -1.91. The van der Waals surface area contributed by atoms with Crippen molar-refractivity contribution >= 4 is 17.6 Å². The summed E-state index contributed by atoms with van der Waals surface area (Å²) < 4.78 is 0. The highest BCUT2D eigenvalue weighted by molar-refractivity contribution is 5.96. The number of rotatable bonds is 2. The van der Waals surface area contributed by atoms with E-state index in [1.165, 1.54) is 17.2 Å². The molecule has 0 atom stereocenters. The molecule has 1 heterocycles. The van der Waals surface area contributed by atoms with E-state index in [2.05, 4.69) is 4.98 Å². The largest absolute Gasteiger partial charge is 0.477 e. The third kappa shape index (κ3) is 3.03. The first-order valence-electron chi connectivity index (χ1n) is 5.21. The topological polar surface area (TPSA) is 70.5 Å². The van der Waals surface area contributed by atoms with E-state index < -0.39 is 11.4 Å². The zero-order chi connectivity index (χ0) is 13.2. The number of aromatic nitrogens is 1. The lowest BCUT2D eigenvalue weighted by Crippen LogP contribution is -2.36. The van der Waals surface area contributed by atoms with Gasteiger partial charge in [0.1, 0.15) is 5.69 Å². The molecule has 0 unspecified atom stereocenters. The Morgan fingerprint density at radius 2 is 1.88 bits per heavy atom. The summed E-state index contributed by atoms with van der Waals surface area (Å²) in [6.45, 7) is 5.47. The van der Waals surface area contributed by atoms with Gasteiger partial charge in [0.2, 0.25) is 5.91 Å². The maximum absolute atomic E-state index is 12.0. The van der Waals surface area contributed by atoms with Gasteiger partial charge in [0, 0.05) is 12.5 Å². The van der Waals surface area contributed by atoms with Gasteiger partial charge in [-0.05, 0) is 12.1 Å². The summed E-state index contributed by atoms with van der Waals surface area (Å²) in [5.41, 5.74) is 0.0560. The fourth-order valence-corrected chi connectivity index (χ4v) is 1.33. The van der Waals surface area contributed by atoms with Gasteiger partial charge in [-0.2, -0.15) is 0 Å². The molecular weight excluding hydrogens is 220 g/mol. The number of hydrogen-bond donors (Lipinski definition) is 1. The molecule has 0 aliphatic rings. The summed E-state index contributed by atoms with van der Waals surface area (Å²) in [7, 11) is 1.64. The van der Waals surface area contributed by atoms with E-state index in [0.29, 0.717) is 5.69 Å². The van der Waals surface area contributed by atoms with Crippen molar-refractivity contribution in [3.8, 4) is 0 Å². The highest BCUT2D eigenvalue weighted by atomic mass is 16.4. The van der Waals surface area contributed by atoms with Crippen molar-refractivity contribution in [2.45, 2.75) is 20.8 Å². The molecule has 0 radical (unpaired) electrons. The Morgan fingerprint density at radius 3 is 2.24 bits per heavy atom. The van der Waals surface area contributed by atoms with Gasteiger partial charge >= 0.3 is 5.97 Å². The molecular formula is C12H16N2O3. The summed E-state index contributed by atoms with van der Waals surface area (Å²) >= 11 is 0. The molecule has 0 aromatic carbocycles. The molecule has 0 aliphatic carbocycles. The Balaban J connectivity index is 2.94. The second-order valence-electron chi connectivity index (χ2n) is 4.82. The third-order valence-electron chi connectivity index (χ3n) is 2.30. The smallest absolute Gasteiger partial charge is 0.354 e. The summed E-state index contributed by atoms with van der Waals surface area (Å²) in [4.78, 5) is 27.8. The van der Waals surface area contributed by atoms with Crippen molar-refractivity contribution in [2.24, 2.45) is 5.41 Å². The van der Waals surface area contributed by atoms with E-state index >= 15 is 0 Å². The first kappa shape index (κ1) is 13.2. The maximum Gasteiger partial charge on any atom is 0.354 e. The van der Waals surface area contributed by atoms with Crippen LogP contribution in [0.15, 0.2) is 18.3 Å². The fraction of sp³-hybridized carbons (Fsp3) is 0.417. The van der Waals surface area contributed by atoms with Gasteiger partial charge in [-0.1, -0.05) is 20.8 Å². The first-order valence-corrected chi connectivity index (χ1v) is 5.21. The van der Waals surface area contributed by atoms with Crippen LogP contribution in [0.4, 0.5) is 5.69 Å². The van der Waals surface area contributed by atoms with Gasteiger partial charge in [-0.15, -0.1) is 0 Å². The van der Waals surface area contributed by atoms with Crippen LogP contribution in [0.1, 0.15) is 31.3 Å². The number of aromatic carboxylic acids is 1. The van der Waals surface area contributed by atoms with E-state index in [1.54, 1.807) is 13.1 Å². The molecule has 1 amide bonds. The monoisotopic (exact) mass is 236 g/mol. The van der Waals surface area contributed by atoms with Crippen molar-refractivity contribution in [3.05, 3.63) is 24.0 Å². The Morgan fingerprint density at radius 1 is 1.29 bits per heavy atom. The zero-order valence-corrected chi connectivity index (χ0v) is 10.4. The van der Waals surface area contributed by atoms with Crippen molar-refractivity contribution in [3.63, 3.8) is 0 Å². The molecule has 5 heteroatoms. The lowest BCUT2D eigenvalue weighted by Gasteiger charge is -2.25. The second kappa shape index (κ2) is 4.53. The number of nitrogens with zero attached hydrogens (tertiary/aromatic N) is 2. The van der Waals surface area contributed by atoms with Gasteiger partial charge in [0.25, 0.3) is 0 Å². The van der Waals surface area contributed by atoms with E-state index in [0.717, 1.165) is 0 Å². The van der Waals surface area contributed by atoms with Crippen molar-refractivity contribution in [1.29, 1.82) is 0 Å². The standard InChI is InChI=1S/C12H16N2O3/c1-12(2,3)11(17)14(4)8-5-6-9(10(15)16)13-7-8/h5-7H,1-4H3,(H,15,16). The van der Waals surface area contributed by atoms with E-state index in [-0.39, 0.29) is 11.6 Å². The normalized spacial score (nSPS) is 11.1. The molecule has 0 spiro atoms. The van der Waals surface area contributed by atoms with Gasteiger partial charge < -0.3 is 10.0 Å². The van der Waals surface area contributed by atoms with Gasteiger partial charge in [-0.3, -0.25) is 4.79 Å². The number of carbonyl (C=O) groups excluding carboxylic acids is 1. The van der Waals surface area contributed by atoms with Crippen molar-refractivity contribution < 1.29 is 14.7 Å². The van der Waals surface area contributed by atoms with Gasteiger partial charge in [0.05, 0.1) is 11.9 Å². The van der Waals surface area contributed by atoms with Crippen LogP contribution in [0.25, 0.3) is 0 Å². The number of amides is 1. The molecule has 0 aliphatic heterocycles. The average Bonchev–Trinajstić information content (AvgIpc) is 2.26. The highest BCUT2D eigenvalue weighted by Crippen LogP contribution is 2.21. The van der Waals surface area contributed by atoms with Crippen LogP contribution in [0.2, 0.25) is 0 Å². The quantitative estimate of drug-likeness (QED) is 0.849. The minimum absolute atomic E-state index is 0.0367. The van der Waals surface area contributed by atoms with Crippen LogP contribution in [-0.2, 0) is 4.79 Å². The second-order valence-corrected chi connectivity index (χ2v) is 4.82. The molecule has 5 nitrogen and oxygen atoms in total. The zero-order valence-electron chi connectivity index (χ0n) is 10.4.